The Kier molecular flexibility index (Phi) is 4.59. The van der Waals surface area contributed by atoms with E-state index >= 15 is 0 Å². The second kappa shape index (κ2) is 6.41. The van der Waals surface area contributed by atoms with E-state index in [1.165, 1.54) is 0 Å². The summed E-state index contributed by atoms with van der Waals surface area (Å²) in [6.45, 7) is 5.51. The molecule has 0 radical (unpaired) electrons. The van der Waals surface area contributed by atoms with Crippen molar-refractivity contribution < 1.29 is 9.90 Å². The standard InChI is InChI=1S/C15H20N4O2/c1-10-8-12(3)19(18-10)14-7-5-4-6-13(14)17-15(21)16-11(2)9-20/h4-8,11,20H,9H2,1-3H3,(H2,16,17,21). The number of aliphatic hydroxyl groups is 1. The van der Waals surface area contributed by atoms with Crippen molar-refractivity contribution in [1.82, 2.24) is 15.1 Å². The van der Waals surface area contributed by atoms with Crippen molar-refractivity contribution in [2.24, 2.45) is 0 Å². The predicted octanol–water partition coefficient (Wildman–Crippen LogP) is 1.99. The number of carbonyl (C=O) groups is 1. The van der Waals surface area contributed by atoms with Crippen LogP contribution in [-0.2, 0) is 0 Å². The maximum absolute atomic E-state index is 11.9. The molecule has 1 atom stereocenters. The molecule has 2 aromatic rings. The zero-order valence-electron chi connectivity index (χ0n) is 12.4. The quantitative estimate of drug-likeness (QED) is 0.805. The number of anilines is 1. The van der Waals surface area contributed by atoms with Gasteiger partial charge in [-0.15, -0.1) is 0 Å². The van der Waals surface area contributed by atoms with E-state index in [2.05, 4.69) is 15.7 Å². The smallest absolute Gasteiger partial charge is 0.319 e. The van der Waals surface area contributed by atoms with E-state index in [0.29, 0.717) is 5.69 Å². The van der Waals surface area contributed by atoms with Gasteiger partial charge in [-0.3, -0.25) is 0 Å². The molecule has 0 aliphatic rings. The number of aliphatic hydroxyl groups excluding tert-OH is 1. The molecule has 0 bridgehead atoms. The number of nitrogens with one attached hydrogen (secondary N) is 2. The number of benzene rings is 1. The van der Waals surface area contributed by atoms with Crippen LogP contribution >= 0.6 is 0 Å². The molecule has 112 valence electrons. The van der Waals surface area contributed by atoms with Crippen molar-refractivity contribution in [2.75, 3.05) is 11.9 Å². The third-order valence-corrected chi connectivity index (χ3v) is 3.04. The van der Waals surface area contributed by atoms with Gasteiger partial charge in [0.1, 0.15) is 0 Å². The highest BCUT2D eigenvalue weighted by Gasteiger charge is 2.12. The Hall–Kier alpha value is -2.34. The van der Waals surface area contributed by atoms with Crippen molar-refractivity contribution in [3.05, 3.63) is 41.7 Å². The lowest BCUT2D eigenvalue weighted by atomic mass is 10.2. The third kappa shape index (κ3) is 3.61. The fourth-order valence-corrected chi connectivity index (χ4v) is 2.06. The van der Waals surface area contributed by atoms with Gasteiger partial charge < -0.3 is 15.7 Å². The first-order chi connectivity index (χ1) is 10.0. The van der Waals surface area contributed by atoms with Crippen LogP contribution in [0.4, 0.5) is 10.5 Å². The van der Waals surface area contributed by atoms with E-state index in [4.69, 9.17) is 5.11 Å². The summed E-state index contributed by atoms with van der Waals surface area (Å²) in [5, 5.41) is 18.8. The van der Waals surface area contributed by atoms with E-state index in [1.807, 2.05) is 44.2 Å². The minimum absolute atomic E-state index is 0.105. The molecule has 21 heavy (non-hydrogen) atoms. The van der Waals surface area contributed by atoms with Gasteiger partial charge in [-0.2, -0.15) is 5.10 Å². The van der Waals surface area contributed by atoms with Crippen LogP contribution in [0.1, 0.15) is 18.3 Å². The summed E-state index contributed by atoms with van der Waals surface area (Å²) >= 11 is 0. The predicted molar refractivity (Wildman–Crippen MR) is 81.7 cm³/mol. The molecule has 2 amide bonds. The number of hydrogen-bond donors (Lipinski definition) is 3. The number of hydrogen-bond acceptors (Lipinski definition) is 3. The van der Waals surface area contributed by atoms with Gasteiger partial charge >= 0.3 is 6.03 Å². The molecule has 3 N–H and O–H groups in total. The molecule has 1 aromatic carbocycles. The topological polar surface area (TPSA) is 79.2 Å². The normalized spacial score (nSPS) is 12.0. The summed E-state index contributed by atoms with van der Waals surface area (Å²) in [5.74, 6) is 0. The van der Waals surface area contributed by atoms with Crippen LogP contribution in [0.3, 0.4) is 0 Å². The lowest BCUT2D eigenvalue weighted by Crippen LogP contribution is -2.38. The number of carbonyl (C=O) groups excluding carboxylic acids is 1. The zero-order valence-corrected chi connectivity index (χ0v) is 12.4. The Morgan fingerprint density at radius 2 is 2.10 bits per heavy atom. The van der Waals surface area contributed by atoms with Crippen LogP contribution in [0, 0.1) is 13.8 Å². The van der Waals surface area contributed by atoms with Gasteiger partial charge in [0.2, 0.25) is 0 Å². The van der Waals surface area contributed by atoms with Gasteiger partial charge in [-0.1, -0.05) is 12.1 Å². The Labute approximate surface area is 123 Å². The molecular formula is C15H20N4O2. The van der Waals surface area contributed by atoms with Crippen molar-refractivity contribution in [3.8, 4) is 5.69 Å². The van der Waals surface area contributed by atoms with E-state index in [-0.39, 0.29) is 18.7 Å². The first-order valence-electron chi connectivity index (χ1n) is 6.82. The monoisotopic (exact) mass is 288 g/mol. The van der Waals surface area contributed by atoms with Crippen molar-refractivity contribution in [2.45, 2.75) is 26.8 Å². The van der Waals surface area contributed by atoms with Gasteiger partial charge in [0, 0.05) is 5.69 Å². The maximum atomic E-state index is 11.9. The summed E-state index contributed by atoms with van der Waals surface area (Å²) < 4.78 is 1.79. The molecule has 0 spiro atoms. The molecule has 0 saturated carbocycles. The average molecular weight is 288 g/mol. The van der Waals surface area contributed by atoms with Gasteiger partial charge in [0.05, 0.1) is 29.7 Å². The van der Waals surface area contributed by atoms with Crippen LogP contribution in [0.15, 0.2) is 30.3 Å². The highest BCUT2D eigenvalue weighted by Crippen LogP contribution is 2.21. The molecule has 6 nitrogen and oxygen atoms in total. The van der Waals surface area contributed by atoms with Crippen molar-refractivity contribution in [3.63, 3.8) is 0 Å². The van der Waals surface area contributed by atoms with Crippen LogP contribution in [-0.4, -0.2) is 33.6 Å². The number of amides is 2. The molecule has 6 heteroatoms. The molecular weight excluding hydrogens is 268 g/mol. The summed E-state index contributed by atoms with van der Waals surface area (Å²) in [6.07, 6.45) is 0. The van der Waals surface area contributed by atoms with Gasteiger partial charge in [0.25, 0.3) is 0 Å². The SMILES string of the molecule is Cc1cc(C)n(-c2ccccc2NC(=O)NC(C)CO)n1. The maximum Gasteiger partial charge on any atom is 0.319 e. The molecule has 0 aliphatic heterocycles. The van der Waals surface area contributed by atoms with Crippen LogP contribution in [0.2, 0.25) is 0 Å². The highest BCUT2D eigenvalue weighted by atomic mass is 16.3. The average Bonchev–Trinajstić information content (AvgIpc) is 2.78. The number of aryl methyl sites for hydroxylation is 2. The first-order valence-corrected chi connectivity index (χ1v) is 6.82. The van der Waals surface area contributed by atoms with E-state index < -0.39 is 0 Å². The number of aromatic nitrogens is 2. The molecule has 1 heterocycles. The fourth-order valence-electron chi connectivity index (χ4n) is 2.06. The summed E-state index contributed by atoms with van der Waals surface area (Å²) in [5.41, 5.74) is 3.37. The summed E-state index contributed by atoms with van der Waals surface area (Å²) in [7, 11) is 0. The fraction of sp³-hybridized carbons (Fsp3) is 0.333. The Morgan fingerprint density at radius 1 is 1.38 bits per heavy atom. The molecule has 1 unspecified atom stereocenters. The zero-order chi connectivity index (χ0) is 15.4. The Balaban J connectivity index is 2.25. The Bertz CT molecular complexity index is 636. The number of rotatable bonds is 4. The largest absolute Gasteiger partial charge is 0.394 e. The van der Waals surface area contributed by atoms with E-state index in [9.17, 15) is 4.79 Å². The number of nitrogens with zero attached hydrogens (tertiary/aromatic N) is 2. The van der Waals surface area contributed by atoms with E-state index in [1.54, 1.807) is 11.6 Å². The molecule has 0 fully saturated rings. The second-order valence-electron chi connectivity index (χ2n) is 5.04. The molecule has 0 saturated heterocycles. The molecule has 1 aromatic heterocycles. The van der Waals surface area contributed by atoms with Gasteiger partial charge in [0.15, 0.2) is 0 Å². The van der Waals surface area contributed by atoms with Crippen molar-refractivity contribution >= 4 is 11.7 Å². The lowest BCUT2D eigenvalue weighted by Gasteiger charge is -2.15. The Morgan fingerprint density at radius 3 is 2.71 bits per heavy atom. The van der Waals surface area contributed by atoms with E-state index in [0.717, 1.165) is 17.1 Å². The van der Waals surface area contributed by atoms with Crippen molar-refractivity contribution in [1.29, 1.82) is 0 Å². The number of urea groups is 1. The minimum Gasteiger partial charge on any atom is -0.394 e. The second-order valence-corrected chi connectivity index (χ2v) is 5.04. The number of para-hydroxylation sites is 2. The summed E-state index contributed by atoms with van der Waals surface area (Å²) in [6, 6.07) is 8.77. The third-order valence-electron chi connectivity index (χ3n) is 3.04. The lowest BCUT2D eigenvalue weighted by molar-refractivity contribution is 0.229. The first kappa shape index (κ1) is 15.1. The molecule has 0 aliphatic carbocycles. The molecule has 2 rings (SSSR count). The van der Waals surface area contributed by atoms with Gasteiger partial charge in [-0.05, 0) is 39.0 Å². The highest BCUT2D eigenvalue weighted by molar-refractivity contribution is 5.91. The van der Waals surface area contributed by atoms with Crippen LogP contribution in [0.5, 0.6) is 0 Å². The van der Waals surface area contributed by atoms with Crippen LogP contribution < -0.4 is 10.6 Å². The van der Waals surface area contributed by atoms with Crippen LogP contribution in [0.25, 0.3) is 5.69 Å². The summed E-state index contributed by atoms with van der Waals surface area (Å²) in [4.78, 5) is 11.9. The minimum atomic E-state index is -0.356. The van der Waals surface area contributed by atoms with Gasteiger partial charge in [-0.25, -0.2) is 9.48 Å².